The molecule has 4 aromatic carbocycles. The molecule has 35 heavy (non-hydrogen) atoms. The number of azo groups is 1. The molecule has 168 valence electrons. The van der Waals surface area contributed by atoms with Crippen LogP contribution in [0.5, 0.6) is 0 Å². The molecular formula is C28H19N5OS. The van der Waals surface area contributed by atoms with Crippen molar-refractivity contribution in [3.8, 4) is 27.6 Å². The first-order valence-electron chi connectivity index (χ1n) is 11.1. The van der Waals surface area contributed by atoms with Gasteiger partial charge in [0, 0.05) is 21.9 Å². The van der Waals surface area contributed by atoms with Crippen LogP contribution in [0.2, 0.25) is 0 Å². The highest BCUT2D eigenvalue weighted by atomic mass is 32.1. The lowest BCUT2D eigenvalue weighted by Gasteiger charge is -2.01. The van der Waals surface area contributed by atoms with Crippen LogP contribution in [-0.4, -0.2) is 14.8 Å². The zero-order valence-corrected chi connectivity index (χ0v) is 19.3. The van der Waals surface area contributed by atoms with Crippen molar-refractivity contribution in [2.75, 3.05) is 0 Å². The molecule has 0 unspecified atom stereocenters. The van der Waals surface area contributed by atoms with Crippen LogP contribution >= 0.6 is 11.3 Å². The summed E-state index contributed by atoms with van der Waals surface area (Å²) in [7, 11) is 0. The van der Waals surface area contributed by atoms with Gasteiger partial charge in [0.2, 0.25) is 5.13 Å². The van der Waals surface area contributed by atoms with E-state index in [1.54, 1.807) is 0 Å². The summed E-state index contributed by atoms with van der Waals surface area (Å²) in [6, 6.07) is 33.4. The predicted octanol–water partition coefficient (Wildman–Crippen LogP) is 7.52. The molecule has 6 rings (SSSR count). The quantitative estimate of drug-likeness (QED) is 0.263. The molecule has 6 nitrogen and oxygen atoms in total. The maximum Gasteiger partial charge on any atom is 0.301 e. The summed E-state index contributed by atoms with van der Waals surface area (Å²) in [5.74, 6) is 0. The van der Waals surface area contributed by atoms with Crippen LogP contribution < -0.4 is 5.56 Å². The monoisotopic (exact) mass is 473 g/mol. The Kier molecular flexibility index (Phi) is 5.37. The molecule has 2 aromatic heterocycles. The van der Waals surface area contributed by atoms with Crippen molar-refractivity contribution in [1.29, 1.82) is 0 Å². The average Bonchev–Trinajstić information content (AvgIpc) is 3.53. The van der Waals surface area contributed by atoms with Crippen LogP contribution in [0.3, 0.4) is 0 Å². The number of nitrogens with one attached hydrogen (secondary N) is 1. The minimum absolute atomic E-state index is 0.237. The highest BCUT2D eigenvalue weighted by Crippen LogP contribution is 2.31. The highest BCUT2D eigenvalue weighted by Gasteiger charge is 2.19. The lowest BCUT2D eigenvalue weighted by molar-refractivity contribution is 0.843. The summed E-state index contributed by atoms with van der Waals surface area (Å²) in [6.07, 6.45) is 0. The number of aromatic amines is 1. The Labute approximate surface area is 204 Å². The van der Waals surface area contributed by atoms with Crippen molar-refractivity contribution >= 4 is 33.5 Å². The third-order valence-electron chi connectivity index (χ3n) is 5.71. The number of aromatic nitrogens is 3. The molecule has 0 bridgehead atoms. The van der Waals surface area contributed by atoms with Crippen LogP contribution in [0.15, 0.2) is 124 Å². The minimum Gasteiger partial charge on any atom is -0.286 e. The molecule has 0 saturated carbocycles. The lowest BCUT2D eigenvalue weighted by Crippen LogP contribution is -2.13. The number of H-pyrrole nitrogens is 1. The number of rotatable bonds is 5. The van der Waals surface area contributed by atoms with E-state index in [-0.39, 0.29) is 11.2 Å². The van der Waals surface area contributed by atoms with Gasteiger partial charge >= 0.3 is 5.56 Å². The van der Waals surface area contributed by atoms with Gasteiger partial charge in [-0.2, -0.15) is 4.68 Å². The Bertz CT molecular complexity index is 1710. The summed E-state index contributed by atoms with van der Waals surface area (Å²) in [6.45, 7) is 0. The van der Waals surface area contributed by atoms with Gasteiger partial charge < -0.3 is 0 Å². The molecule has 0 spiro atoms. The zero-order valence-electron chi connectivity index (χ0n) is 18.5. The van der Waals surface area contributed by atoms with Crippen molar-refractivity contribution < 1.29 is 0 Å². The van der Waals surface area contributed by atoms with Gasteiger partial charge in [-0.05, 0) is 11.5 Å². The molecule has 1 N–H and O–H groups in total. The maximum atomic E-state index is 13.5. The van der Waals surface area contributed by atoms with Crippen LogP contribution in [0.1, 0.15) is 0 Å². The molecule has 0 aliphatic rings. The van der Waals surface area contributed by atoms with Crippen LogP contribution in [0, 0.1) is 0 Å². The van der Waals surface area contributed by atoms with E-state index in [0.717, 1.165) is 27.6 Å². The smallest absolute Gasteiger partial charge is 0.286 e. The van der Waals surface area contributed by atoms with Crippen molar-refractivity contribution in [1.82, 2.24) is 14.8 Å². The van der Waals surface area contributed by atoms with Gasteiger partial charge in [0.05, 0.1) is 17.1 Å². The molecule has 0 atom stereocenters. The first kappa shape index (κ1) is 20.9. The Morgan fingerprint density at radius 1 is 0.743 bits per heavy atom. The van der Waals surface area contributed by atoms with Gasteiger partial charge in [-0.25, -0.2) is 4.98 Å². The second-order valence-electron chi connectivity index (χ2n) is 7.92. The first-order chi connectivity index (χ1) is 17.3. The fraction of sp³-hybridized carbons (Fsp3) is 0. The Morgan fingerprint density at radius 3 is 2.23 bits per heavy atom. The number of hydrogen-bond donors (Lipinski definition) is 1. The number of nitrogens with zero attached hydrogens (tertiary/aromatic N) is 4. The number of hydrogen-bond acceptors (Lipinski definition) is 5. The second-order valence-corrected chi connectivity index (χ2v) is 8.76. The van der Waals surface area contributed by atoms with Crippen molar-refractivity contribution in [3.63, 3.8) is 0 Å². The fourth-order valence-electron chi connectivity index (χ4n) is 3.97. The summed E-state index contributed by atoms with van der Waals surface area (Å²) in [4.78, 5) is 18.2. The van der Waals surface area contributed by atoms with Crippen molar-refractivity contribution in [2.24, 2.45) is 10.2 Å². The van der Waals surface area contributed by atoms with Gasteiger partial charge in [-0.1, -0.05) is 97.1 Å². The van der Waals surface area contributed by atoms with E-state index in [9.17, 15) is 4.79 Å². The van der Waals surface area contributed by atoms with E-state index >= 15 is 0 Å². The molecule has 7 heteroatoms. The topological polar surface area (TPSA) is 75.4 Å². The van der Waals surface area contributed by atoms with Gasteiger partial charge in [-0.3, -0.25) is 9.89 Å². The highest BCUT2D eigenvalue weighted by molar-refractivity contribution is 7.12. The van der Waals surface area contributed by atoms with Gasteiger partial charge in [0.25, 0.3) is 0 Å². The van der Waals surface area contributed by atoms with E-state index in [0.29, 0.717) is 16.5 Å². The number of benzene rings is 4. The Morgan fingerprint density at radius 2 is 1.43 bits per heavy atom. The minimum atomic E-state index is -0.304. The van der Waals surface area contributed by atoms with E-state index in [1.807, 2.05) is 109 Å². The zero-order chi connectivity index (χ0) is 23.6. The first-order valence-corrected chi connectivity index (χ1v) is 12.0. The van der Waals surface area contributed by atoms with Crippen LogP contribution in [0.25, 0.3) is 38.4 Å². The van der Waals surface area contributed by atoms with Gasteiger partial charge in [0.1, 0.15) is 0 Å². The van der Waals surface area contributed by atoms with Crippen molar-refractivity contribution in [3.05, 3.63) is 119 Å². The fourth-order valence-corrected chi connectivity index (χ4v) is 4.76. The van der Waals surface area contributed by atoms with E-state index in [4.69, 9.17) is 4.98 Å². The molecule has 2 heterocycles. The molecule has 0 radical (unpaired) electrons. The van der Waals surface area contributed by atoms with Crippen LogP contribution in [0.4, 0.5) is 11.4 Å². The molecule has 0 fully saturated rings. The predicted molar refractivity (Wildman–Crippen MR) is 141 cm³/mol. The number of thiazole rings is 1. The Hall–Kier alpha value is -4.62. The lowest BCUT2D eigenvalue weighted by atomic mass is 10.1. The standard InChI is InChI=1S/C28H19N5OS/c34-27-26(31-30-23-17-9-15-19-10-7-8-16-22(19)23)25(21-13-5-2-6-14-21)32-33(27)28-29-24(18-35-28)20-11-3-1-4-12-20/h1-18,32H. The summed E-state index contributed by atoms with van der Waals surface area (Å²) < 4.78 is 1.44. The third kappa shape index (κ3) is 3.98. The Balaban J connectivity index is 1.47. The molecular weight excluding hydrogens is 454 g/mol. The van der Waals surface area contributed by atoms with E-state index in [2.05, 4.69) is 15.3 Å². The molecule has 0 amide bonds. The van der Waals surface area contributed by atoms with Crippen LogP contribution in [-0.2, 0) is 0 Å². The molecule has 6 aromatic rings. The second kappa shape index (κ2) is 8.96. The van der Waals surface area contributed by atoms with Crippen molar-refractivity contribution in [2.45, 2.75) is 0 Å². The maximum absolute atomic E-state index is 13.5. The number of fused-ring (bicyclic) bond motifs is 1. The average molecular weight is 474 g/mol. The largest absolute Gasteiger partial charge is 0.301 e. The normalized spacial score (nSPS) is 11.4. The summed E-state index contributed by atoms with van der Waals surface area (Å²) in [5, 5.41) is 16.7. The molecule has 0 aliphatic carbocycles. The third-order valence-corrected chi connectivity index (χ3v) is 6.53. The van der Waals surface area contributed by atoms with Gasteiger partial charge in [0.15, 0.2) is 5.69 Å². The van der Waals surface area contributed by atoms with E-state index in [1.165, 1.54) is 16.0 Å². The van der Waals surface area contributed by atoms with E-state index < -0.39 is 0 Å². The summed E-state index contributed by atoms with van der Waals surface area (Å²) in [5.41, 5.74) is 3.88. The SMILES string of the molecule is O=c1c(N=Nc2cccc3ccccc23)c(-c2ccccc2)[nH]n1-c1nc(-c2ccccc2)cs1. The van der Waals surface area contributed by atoms with Gasteiger partial charge in [-0.15, -0.1) is 21.6 Å². The molecule has 0 saturated heterocycles. The summed E-state index contributed by atoms with van der Waals surface area (Å²) >= 11 is 1.39. The molecule has 0 aliphatic heterocycles.